The second-order valence-corrected chi connectivity index (χ2v) is 5.62. The van der Waals surface area contributed by atoms with Gasteiger partial charge in [0.1, 0.15) is 12.4 Å². The zero-order valence-electron chi connectivity index (χ0n) is 11.7. The molecule has 0 aromatic heterocycles. The molecule has 0 saturated carbocycles. The topological polar surface area (TPSA) is 21.3 Å². The molecule has 1 aromatic rings. The second-order valence-electron chi connectivity index (χ2n) is 4.77. The smallest absolute Gasteiger partial charge is 0.138 e. The predicted molar refractivity (Wildman–Crippen MR) is 83.6 cm³/mol. The molecule has 1 unspecified atom stereocenters. The van der Waals surface area contributed by atoms with E-state index in [0.717, 1.165) is 6.54 Å². The highest BCUT2D eigenvalue weighted by molar-refractivity contribution is 6.35. The molecule has 0 bridgehead atoms. The summed E-state index contributed by atoms with van der Waals surface area (Å²) in [4.78, 5) is 0. The summed E-state index contributed by atoms with van der Waals surface area (Å²) in [5, 5.41) is 4.63. The first-order valence-electron chi connectivity index (χ1n) is 6.94. The molecular weight excluding hydrogens is 281 g/mol. The van der Waals surface area contributed by atoms with Crippen molar-refractivity contribution >= 4 is 23.2 Å². The van der Waals surface area contributed by atoms with Crippen LogP contribution in [0.3, 0.4) is 0 Å². The van der Waals surface area contributed by atoms with E-state index in [1.165, 1.54) is 25.7 Å². The molecular formula is C15H23Cl2NO. The third kappa shape index (κ3) is 7.05. The maximum Gasteiger partial charge on any atom is 0.138 e. The summed E-state index contributed by atoms with van der Waals surface area (Å²) in [6.45, 7) is 5.87. The van der Waals surface area contributed by atoms with Gasteiger partial charge in [0.25, 0.3) is 0 Å². The standard InChI is InChI=1S/C15H23Cl2NO/c1-3-4-5-6-12(2)18-9-10-19-15-8-7-13(16)11-14(15)17/h7-8,11-12,18H,3-6,9-10H2,1-2H3. The zero-order chi connectivity index (χ0) is 14.1. The van der Waals surface area contributed by atoms with Gasteiger partial charge in [-0.1, -0.05) is 49.4 Å². The first-order valence-corrected chi connectivity index (χ1v) is 7.70. The summed E-state index contributed by atoms with van der Waals surface area (Å²) >= 11 is 11.9. The van der Waals surface area contributed by atoms with Crippen molar-refractivity contribution in [1.29, 1.82) is 0 Å². The number of unbranched alkanes of at least 4 members (excludes halogenated alkanes) is 2. The zero-order valence-corrected chi connectivity index (χ0v) is 13.2. The summed E-state index contributed by atoms with van der Waals surface area (Å²) in [6, 6.07) is 5.81. The lowest BCUT2D eigenvalue weighted by Crippen LogP contribution is -2.30. The highest BCUT2D eigenvalue weighted by Crippen LogP contribution is 2.27. The maximum absolute atomic E-state index is 6.03. The highest BCUT2D eigenvalue weighted by Gasteiger charge is 2.03. The van der Waals surface area contributed by atoms with E-state index in [9.17, 15) is 0 Å². The van der Waals surface area contributed by atoms with E-state index in [2.05, 4.69) is 19.2 Å². The molecule has 1 aromatic carbocycles. The molecule has 0 saturated heterocycles. The Morgan fingerprint density at radius 1 is 1.26 bits per heavy atom. The Morgan fingerprint density at radius 3 is 2.74 bits per heavy atom. The maximum atomic E-state index is 6.03. The van der Waals surface area contributed by atoms with Crippen molar-refractivity contribution in [3.05, 3.63) is 28.2 Å². The average Bonchev–Trinajstić information content (AvgIpc) is 2.37. The molecule has 1 rings (SSSR count). The molecule has 0 amide bonds. The van der Waals surface area contributed by atoms with Gasteiger partial charge in [0.15, 0.2) is 0 Å². The SMILES string of the molecule is CCCCCC(C)NCCOc1ccc(Cl)cc1Cl. The third-order valence-electron chi connectivity index (χ3n) is 2.99. The molecule has 19 heavy (non-hydrogen) atoms. The molecule has 2 nitrogen and oxygen atoms in total. The lowest BCUT2D eigenvalue weighted by Gasteiger charge is -2.14. The van der Waals surface area contributed by atoms with E-state index in [0.29, 0.717) is 28.4 Å². The number of nitrogens with one attached hydrogen (secondary N) is 1. The predicted octanol–water partition coefficient (Wildman–Crippen LogP) is 4.93. The average molecular weight is 304 g/mol. The van der Waals surface area contributed by atoms with Gasteiger partial charge < -0.3 is 10.1 Å². The first kappa shape index (κ1) is 16.6. The van der Waals surface area contributed by atoms with E-state index in [1.54, 1.807) is 18.2 Å². The van der Waals surface area contributed by atoms with Crippen molar-refractivity contribution in [3.8, 4) is 5.75 Å². The Labute approximate surface area is 126 Å². The number of ether oxygens (including phenoxy) is 1. The molecule has 0 spiro atoms. The fraction of sp³-hybridized carbons (Fsp3) is 0.600. The van der Waals surface area contributed by atoms with Gasteiger partial charge in [0.2, 0.25) is 0 Å². The van der Waals surface area contributed by atoms with E-state index in [-0.39, 0.29) is 0 Å². The van der Waals surface area contributed by atoms with Crippen LogP contribution < -0.4 is 10.1 Å². The van der Waals surface area contributed by atoms with E-state index < -0.39 is 0 Å². The number of hydrogen-bond acceptors (Lipinski definition) is 2. The van der Waals surface area contributed by atoms with Crippen molar-refractivity contribution in [1.82, 2.24) is 5.32 Å². The van der Waals surface area contributed by atoms with Crippen LogP contribution in [0.1, 0.15) is 39.5 Å². The fourth-order valence-corrected chi connectivity index (χ4v) is 2.32. The van der Waals surface area contributed by atoms with Crippen LogP contribution in [0.15, 0.2) is 18.2 Å². The molecule has 0 radical (unpaired) electrons. The van der Waals surface area contributed by atoms with Gasteiger partial charge in [-0.05, 0) is 31.5 Å². The summed E-state index contributed by atoms with van der Waals surface area (Å²) < 4.78 is 5.61. The molecule has 1 N–H and O–H groups in total. The fourth-order valence-electron chi connectivity index (χ4n) is 1.86. The van der Waals surface area contributed by atoms with Crippen LogP contribution in [0.2, 0.25) is 10.0 Å². The quantitative estimate of drug-likeness (QED) is 0.653. The molecule has 108 valence electrons. The van der Waals surface area contributed by atoms with Crippen LogP contribution in [-0.2, 0) is 0 Å². The second kappa shape index (κ2) is 9.46. The van der Waals surface area contributed by atoms with Crippen molar-refractivity contribution in [2.24, 2.45) is 0 Å². The monoisotopic (exact) mass is 303 g/mol. The summed E-state index contributed by atoms with van der Waals surface area (Å²) in [5.74, 6) is 0.687. The first-order chi connectivity index (χ1) is 9.13. The van der Waals surface area contributed by atoms with Crippen LogP contribution in [-0.4, -0.2) is 19.2 Å². The molecule has 0 aliphatic heterocycles. The van der Waals surface area contributed by atoms with Crippen molar-refractivity contribution in [3.63, 3.8) is 0 Å². The summed E-state index contributed by atoms with van der Waals surface area (Å²) in [5.41, 5.74) is 0. The van der Waals surface area contributed by atoms with Crippen LogP contribution in [0, 0.1) is 0 Å². The Bertz CT molecular complexity index is 371. The van der Waals surface area contributed by atoms with Crippen LogP contribution >= 0.6 is 23.2 Å². The van der Waals surface area contributed by atoms with Crippen LogP contribution in [0.4, 0.5) is 0 Å². The van der Waals surface area contributed by atoms with Crippen LogP contribution in [0.5, 0.6) is 5.75 Å². The minimum absolute atomic E-state index is 0.538. The van der Waals surface area contributed by atoms with E-state index in [1.807, 2.05) is 0 Å². The lowest BCUT2D eigenvalue weighted by atomic mass is 10.1. The molecule has 0 aliphatic carbocycles. The van der Waals surface area contributed by atoms with Crippen molar-refractivity contribution in [2.75, 3.05) is 13.2 Å². The van der Waals surface area contributed by atoms with Crippen molar-refractivity contribution < 1.29 is 4.74 Å². The summed E-state index contributed by atoms with van der Waals surface area (Å²) in [7, 11) is 0. The van der Waals surface area contributed by atoms with Gasteiger partial charge in [-0.25, -0.2) is 0 Å². The van der Waals surface area contributed by atoms with Gasteiger partial charge in [-0.15, -0.1) is 0 Å². The largest absolute Gasteiger partial charge is 0.491 e. The minimum Gasteiger partial charge on any atom is -0.491 e. The van der Waals surface area contributed by atoms with Gasteiger partial charge in [-0.2, -0.15) is 0 Å². The van der Waals surface area contributed by atoms with Gasteiger partial charge in [0.05, 0.1) is 5.02 Å². The number of rotatable bonds is 9. The lowest BCUT2D eigenvalue weighted by molar-refractivity contribution is 0.304. The third-order valence-corrected chi connectivity index (χ3v) is 3.52. The normalized spacial score (nSPS) is 12.4. The Balaban J connectivity index is 2.16. The molecule has 0 aliphatic rings. The molecule has 0 fully saturated rings. The molecule has 1 atom stereocenters. The van der Waals surface area contributed by atoms with Gasteiger partial charge in [-0.3, -0.25) is 0 Å². The van der Waals surface area contributed by atoms with Crippen molar-refractivity contribution in [2.45, 2.75) is 45.6 Å². The summed E-state index contributed by atoms with van der Waals surface area (Å²) in [6.07, 6.45) is 5.08. The number of hydrogen-bond donors (Lipinski definition) is 1. The Hall–Kier alpha value is -0.440. The minimum atomic E-state index is 0.538. The number of halogens is 2. The van der Waals surface area contributed by atoms with E-state index >= 15 is 0 Å². The number of benzene rings is 1. The van der Waals surface area contributed by atoms with Gasteiger partial charge >= 0.3 is 0 Å². The molecule has 4 heteroatoms. The Kier molecular flexibility index (Phi) is 8.27. The van der Waals surface area contributed by atoms with Gasteiger partial charge in [0, 0.05) is 17.6 Å². The van der Waals surface area contributed by atoms with Crippen LogP contribution in [0.25, 0.3) is 0 Å². The Morgan fingerprint density at radius 2 is 2.05 bits per heavy atom. The molecule has 0 heterocycles. The highest BCUT2D eigenvalue weighted by atomic mass is 35.5. The van der Waals surface area contributed by atoms with E-state index in [4.69, 9.17) is 27.9 Å².